The van der Waals surface area contributed by atoms with Gasteiger partial charge in [-0.2, -0.15) is 0 Å². The minimum atomic E-state index is -1.02. The van der Waals surface area contributed by atoms with E-state index in [9.17, 15) is 14.4 Å². The lowest BCUT2D eigenvalue weighted by atomic mass is 10.3. The molecule has 0 aliphatic carbocycles. The van der Waals surface area contributed by atoms with Gasteiger partial charge in [0, 0.05) is 20.5 Å². The highest BCUT2D eigenvalue weighted by Crippen LogP contribution is 1.95. The summed E-state index contributed by atoms with van der Waals surface area (Å²) in [7, 11) is 1.66. The molecule has 0 aromatic heterocycles. The molecule has 1 N–H and O–H groups in total. The van der Waals surface area contributed by atoms with Crippen LogP contribution in [0.15, 0.2) is 0 Å². The number of ether oxygens (including phenoxy) is 1. The number of aliphatic carboxylic acids is 1. The molecule has 0 saturated carbocycles. The molecular weight excluding hydrogens is 214 g/mol. The highest BCUT2D eigenvalue weighted by molar-refractivity contribution is 5.76. The van der Waals surface area contributed by atoms with Crippen molar-refractivity contribution in [3.8, 4) is 0 Å². The number of hydrogen-bond acceptors (Lipinski definition) is 4. The fraction of sp³-hybridized carbons (Fsp3) is 0.700. The molecule has 1 amide bonds. The Kier molecular flexibility index (Phi) is 6.91. The third-order valence-electron chi connectivity index (χ3n) is 1.98. The van der Waals surface area contributed by atoms with Crippen molar-refractivity contribution < 1.29 is 24.2 Å². The van der Waals surface area contributed by atoms with Gasteiger partial charge >= 0.3 is 11.9 Å². The third kappa shape index (κ3) is 7.78. The summed E-state index contributed by atoms with van der Waals surface area (Å²) in [6, 6.07) is 0. The molecular formula is C10H17NO5. The van der Waals surface area contributed by atoms with Gasteiger partial charge in [0.2, 0.25) is 5.91 Å². The van der Waals surface area contributed by atoms with Crippen LogP contribution in [0.3, 0.4) is 0 Å². The molecule has 16 heavy (non-hydrogen) atoms. The van der Waals surface area contributed by atoms with Gasteiger partial charge in [-0.3, -0.25) is 14.4 Å². The number of amides is 1. The number of carbonyl (C=O) groups excluding carboxylic acids is 2. The number of carbonyl (C=O) groups is 3. The van der Waals surface area contributed by atoms with Gasteiger partial charge in [0.05, 0.1) is 19.4 Å². The first-order chi connectivity index (χ1) is 7.43. The van der Waals surface area contributed by atoms with Crippen LogP contribution < -0.4 is 0 Å². The highest BCUT2D eigenvalue weighted by atomic mass is 16.5. The van der Waals surface area contributed by atoms with Gasteiger partial charge < -0.3 is 14.7 Å². The molecule has 0 atom stereocenters. The van der Waals surface area contributed by atoms with Gasteiger partial charge in [0.25, 0.3) is 0 Å². The zero-order valence-corrected chi connectivity index (χ0v) is 9.56. The zero-order valence-electron chi connectivity index (χ0n) is 9.56. The molecule has 0 saturated heterocycles. The van der Waals surface area contributed by atoms with Crippen LogP contribution in [0.1, 0.15) is 26.2 Å². The summed E-state index contributed by atoms with van der Waals surface area (Å²) in [5.41, 5.74) is 0. The summed E-state index contributed by atoms with van der Waals surface area (Å²) >= 11 is 0. The van der Waals surface area contributed by atoms with Crippen LogP contribution in [0.4, 0.5) is 0 Å². The average molecular weight is 231 g/mol. The zero-order chi connectivity index (χ0) is 12.6. The maximum absolute atomic E-state index is 11.0. The third-order valence-corrected chi connectivity index (χ3v) is 1.98. The van der Waals surface area contributed by atoms with E-state index in [0.29, 0.717) is 13.0 Å². The Morgan fingerprint density at radius 1 is 1.25 bits per heavy atom. The number of carboxylic acid groups (broad SMARTS) is 1. The first-order valence-corrected chi connectivity index (χ1v) is 5.02. The van der Waals surface area contributed by atoms with Gasteiger partial charge in [-0.05, 0) is 6.42 Å². The van der Waals surface area contributed by atoms with E-state index in [1.165, 1.54) is 11.8 Å². The lowest BCUT2D eigenvalue weighted by Crippen LogP contribution is -2.25. The monoisotopic (exact) mass is 231 g/mol. The van der Waals surface area contributed by atoms with Gasteiger partial charge in [-0.1, -0.05) is 0 Å². The van der Waals surface area contributed by atoms with Crippen molar-refractivity contribution in [1.82, 2.24) is 4.90 Å². The highest BCUT2D eigenvalue weighted by Gasteiger charge is 2.07. The van der Waals surface area contributed by atoms with Crippen molar-refractivity contribution in [2.24, 2.45) is 0 Å². The molecule has 0 fully saturated rings. The molecule has 0 rings (SSSR count). The fourth-order valence-electron chi connectivity index (χ4n) is 0.926. The number of hydrogen-bond donors (Lipinski definition) is 1. The minimum Gasteiger partial charge on any atom is -0.481 e. The van der Waals surface area contributed by atoms with Gasteiger partial charge in [0.1, 0.15) is 0 Å². The maximum atomic E-state index is 11.0. The normalized spacial score (nSPS) is 9.62. The molecule has 0 radical (unpaired) electrons. The fourth-order valence-corrected chi connectivity index (χ4v) is 0.926. The van der Waals surface area contributed by atoms with Crippen molar-refractivity contribution in [2.45, 2.75) is 26.2 Å². The Balaban J connectivity index is 3.48. The molecule has 0 aromatic rings. The van der Waals surface area contributed by atoms with Gasteiger partial charge in [0.15, 0.2) is 0 Å². The summed E-state index contributed by atoms with van der Waals surface area (Å²) in [5, 5.41) is 8.32. The van der Waals surface area contributed by atoms with E-state index in [2.05, 4.69) is 0 Å². The molecule has 0 unspecified atom stereocenters. The van der Waals surface area contributed by atoms with Crippen LogP contribution in [0, 0.1) is 0 Å². The standard InChI is InChI=1S/C10H17NO5/c1-8(12)11(2)6-3-7-16-10(15)5-4-9(13)14/h3-7H2,1-2H3,(H,13,14). The predicted molar refractivity (Wildman–Crippen MR) is 55.8 cm³/mol. The van der Waals surface area contributed by atoms with Crippen molar-refractivity contribution in [3.63, 3.8) is 0 Å². The van der Waals surface area contributed by atoms with E-state index < -0.39 is 11.9 Å². The molecule has 92 valence electrons. The Labute approximate surface area is 94.2 Å². The smallest absolute Gasteiger partial charge is 0.306 e. The second-order valence-corrected chi connectivity index (χ2v) is 3.41. The molecule has 0 aliphatic rings. The Morgan fingerprint density at radius 2 is 1.88 bits per heavy atom. The Bertz CT molecular complexity index is 264. The second-order valence-electron chi connectivity index (χ2n) is 3.41. The molecule has 6 heteroatoms. The topological polar surface area (TPSA) is 83.9 Å². The summed E-state index contributed by atoms with van der Waals surface area (Å²) in [6.45, 7) is 2.18. The lowest BCUT2D eigenvalue weighted by Gasteiger charge is -2.14. The minimum absolute atomic E-state index is 0.0443. The number of esters is 1. The number of rotatable bonds is 7. The summed E-state index contributed by atoms with van der Waals surface area (Å²) in [5.74, 6) is -1.58. The van der Waals surface area contributed by atoms with Crippen LogP contribution in [-0.4, -0.2) is 48.1 Å². The lowest BCUT2D eigenvalue weighted by molar-refractivity contribution is -0.147. The van der Waals surface area contributed by atoms with E-state index >= 15 is 0 Å². The molecule has 0 aliphatic heterocycles. The number of carboxylic acids is 1. The molecule has 0 heterocycles. The van der Waals surface area contributed by atoms with Crippen LogP contribution in [0.25, 0.3) is 0 Å². The largest absolute Gasteiger partial charge is 0.481 e. The first kappa shape index (κ1) is 14.4. The van der Waals surface area contributed by atoms with Crippen LogP contribution in [0.2, 0.25) is 0 Å². The Hall–Kier alpha value is -1.59. The summed E-state index contributed by atoms with van der Waals surface area (Å²) in [6.07, 6.45) is 0.221. The summed E-state index contributed by atoms with van der Waals surface area (Å²) < 4.78 is 4.78. The molecule has 0 aromatic carbocycles. The first-order valence-electron chi connectivity index (χ1n) is 5.02. The molecule has 6 nitrogen and oxygen atoms in total. The maximum Gasteiger partial charge on any atom is 0.306 e. The quantitative estimate of drug-likeness (QED) is 0.502. The van der Waals surface area contributed by atoms with Crippen molar-refractivity contribution in [3.05, 3.63) is 0 Å². The average Bonchev–Trinajstić information content (AvgIpc) is 2.20. The van der Waals surface area contributed by atoms with Crippen LogP contribution in [0.5, 0.6) is 0 Å². The van der Waals surface area contributed by atoms with E-state index in [-0.39, 0.29) is 25.4 Å². The number of nitrogens with zero attached hydrogens (tertiary/aromatic N) is 1. The van der Waals surface area contributed by atoms with Gasteiger partial charge in [-0.15, -0.1) is 0 Å². The van der Waals surface area contributed by atoms with Crippen molar-refractivity contribution in [2.75, 3.05) is 20.2 Å². The van der Waals surface area contributed by atoms with E-state index in [4.69, 9.17) is 9.84 Å². The van der Waals surface area contributed by atoms with Gasteiger partial charge in [-0.25, -0.2) is 0 Å². The van der Waals surface area contributed by atoms with E-state index in [1.54, 1.807) is 7.05 Å². The van der Waals surface area contributed by atoms with Crippen molar-refractivity contribution >= 4 is 17.8 Å². The van der Waals surface area contributed by atoms with E-state index in [1.807, 2.05) is 0 Å². The van der Waals surface area contributed by atoms with Crippen molar-refractivity contribution in [1.29, 1.82) is 0 Å². The molecule has 0 spiro atoms. The van der Waals surface area contributed by atoms with Crippen LogP contribution >= 0.6 is 0 Å². The second kappa shape index (κ2) is 7.67. The summed E-state index contributed by atoms with van der Waals surface area (Å²) in [4.78, 5) is 33.4. The van der Waals surface area contributed by atoms with Crippen LogP contribution in [-0.2, 0) is 19.1 Å². The van der Waals surface area contributed by atoms with E-state index in [0.717, 1.165) is 0 Å². The predicted octanol–water partition coefficient (Wildman–Crippen LogP) is 0.263. The Morgan fingerprint density at radius 3 is 2.38 bits per heavy atom. The molecule has 0 bridgehead atoms. The SMILES string of the molecule is CC(=O)N(C)CCCOC(=O)CCC(=O)O.